The van der Waals surface area contributed by atoms with Crippen molar-refractivity contribution in [1.29, 1.82) is 0 Å². The van der Waals surface area contributed by atoms with Crippen molar-refractivity contribution in [2.45, 2.75) is 51.0 Å². The van der Waals surface area contributed by atoms with E-state index in [4.69, 9.17) is 4.74 Å². The maximum atomic E-state index is 11.9. The zero-order valence-corrected chi connectivity index (χ0v) is 11.7. The molecule has 2 amide bonds. The van der Waals surface area contributed by atoms with E-state index < -0.39 is 0 Å². The van der Waals surface area contributed by atoms with Crippen LogP contribution in [-0.2, 0) is 14.3 Å². The molecule has 2 heterocycles. The van der Waals surface area contributed by atoms with Crippen molar-refractivity contribution in [2.75, 3.05) is 26.3 Å². The number of nitrogens with one attached hydrogen (secondary N) is 1. The summed E-state index contributed by atoms with van der Waals surface area (Å²) in [5.74, 6) is 0.225. The van der Waals surface area contributed by atoms with Crippen molar-refractivity contribution < 1.29 is 14.3 Å². The van der Waals surface area contributed by atoms with E-state index in [0.717, 1.165) is 25.9 Å². The van der Waals surface area contributed by atoms with E-state index in [9.17, 15) is 9.59 Å². The van der Waals surface area contributed by atoms with E-state index in [0.29, 0.717) is 32.5 Å². The van der Waals surface area contributed by atoms with Crippen molar-refractivity contribution in [3.8, 4) is 0 Å². The van der Waals surface area contributed by atoms with Crippen LogP contribution in [0.25, 0.3) is 0 Å². The average molecular weight is 268 g/mol. The van der Waals surface area contributed by atoms with E-state index in [1.165, 1.54) is 6.42 Å². The molecule has 19 heavy (non-hydrogen) atoms. The van der Waals surface area contributed by atoms with Crippen molar-refractivity contribution in [3.63, 3.8) is 0 Å². The molecule has 2 aliphatic rings. The summed E-state index contributed by atoms with van der Waals surface area (Å²) in [5.41, 5.74) is -0.187. The molecule has 0 radical (unpaired) electrons. The third-order valence-corrected chi connectivity index (χ3v) is 3.79. The molecule has 2 aliphatic heterocycles. The van der Waals surface area contributed by atoms with Gasteiger partial charge in [-0.1, -0.05) is 0 Å². The Morgan fingerprint density at radius 1 is 1.16 bits per heavy atom. The van der Waals surface area contributed by atoms with Gasteiger partial charge in [0.2, 0.25) is 11.8 Å². The summed E-state index contributed by atoms with van der Waals surface area (Å²) in [6.45, 7) is 4.94. The van der Waals surface area contributed by atoms with E-state index in [-0.39, 0.29) is 17.4 Å². The Labute approximate surface area is 114 Å². The first-order chi connectivity index (χ1) is 9.09. The van der Waals surface area contributed by atoms with Crippen LogP contribution in [0, 0.1) is 0 Å². The molecule has 5 nitrogen and oxygen atoms in total. The van der Waals surface area contributed by atoms with Gasteiger partial charge >= 0.3 is 0 Å². The van der Waals surface area contributed by atoms with Gasteiger partial charge in [0.15, 0.2) is 0 Å². The van der Waals surface area contributed by atoms with Crippen molar-refractivity contribution in [3.05, 3.63) is 0 Å². The fourth-order valence-electron chi connectivity index (χ4n) is 2.58. The third kappa shape index (κ3) is 4.20. The van der Waals surface area contributed by atoms with Gasteiger partial charge in [-0.3, -0.25) is 9.59 Å². The van der Waals surface area contributed by atoms with Crippen LogP contribution < -0.4 is 5.32 Å². The molecule has 2 fully saturated rings. The van der Waals surface area contributed by atoms with Crippen LogP contribution in [0.4, 0.5) is 0 Å². The summed E-state index contributed by atoms with van der Waals surface area (Å²) in [7, 11) is 0. The highest BCUT2D eigenvalue weighted by molar-refractivity contribution is 5.79. The van der Waals surface area contributed by atoms with Crippen LogP contribution >= 0.6 is 0 Å². The predicted octanol–water partition coefficient (Wildman–Crippen LogP) is 1.07. The largest absolute Gasteiger partial charge is 0.376 e. The number of ether oxygens (including phenoxy) is 1. The molecule has 2 rings (SSSR count). The van der Waals surface area contributed by atoms with Gasteiger partial charge in [0, 0.05) is 25.9 Å². The second-order valence-corrected chi connectivity index (χ2v) is 5.90. The summed E-state index contributed by atoms with van der Waals surface area (Å²) >= 11 is 0. The molecular formula is C14H24N2O3. The molecule has 0 bridgehead atoms. The summed E-state index contributed by atoms with van der Waals surface area (Å²) in [5, 5.41) is 2.96. The van der Waals surface area contributed by atoms with Crippen molar-refractivity contribution in [1.82, 2.24) is 10.2 Å². The van der Waals surface area contributed by atoms with Gasteiger partial charge in [-0.25, -0.2) is 0 Å². The number of nitrogens with zero attached hydrogens (tertiary/aromatic N) is 1. The standard InChI is InChI=1S/C14H24N2O3/c1-14(10-19-11-14)15-12(17)6-5-7-13(18)16-8-3-2-4-9-16/h2-11H2,1H3,(H,15,17). The van der Waals surface area contributed by atoms with Crippen LogP contribution in [-0.4, -0.2) is 48.6 Å². The smallest absolute Gasteiger partial charge is 0.222 e. The highest BCUT2D eigenvalue weighted by Crippen LogP contribution is 2.16. The minimum absolute atomic E-state index is 0.0252. The number of amides is 2. The predicted molar refractivity (Wildman–Crippen MR) is 71.6 cm³/mol. The Bertz CT molecular complexity index is 334. The molecule has 2 saturated heterocycles. The SMILES string of the molecule is CC1(NC(=O)CCCC(=O)N2CCCCC2)COC1. The second kappa shape index (κ2) is 6.37. The molecule has 1 N–H and O–H groups in total. The zero-order chi connectivity index (χ0) is 13.7. The van der Waals surface area contributed by atoms with Gasteiger partial charge in [0.1, 0.15) is 0 Å². The summed E-state index contributed by atoms with van der Waals surface area (Å²) in [6, 6.07) is 0. The van der Waals surface area contributed by atoms with Gasteiger partial charge < -0.3 is 15.0 Å². The number of carbonyl (C=O) groups excluding carboxylic acids is 2. The molecule has 0 aromatic heterocycles. The van der Waals surface area contributed by atoms with Gasteiger partial charge in [0.25, 0.3) is 0 Å². The molecule has 0 aromatic carbocycles. The second-order valence-electron chi connectivity index (χ2n) is 5.90. The van der Waals surface area contributed by atoms with Crippen molar-refractivity contribution >= 4 is 11.8 Å². The highest BCUT2D eigenvalue weighted by Gasteiger charge is 2.34. The molecular weight excluding hydrogens is 244 g/mol. The number of rotatable bonds is 5. The van der Waals surface area contributed by atoms with E-state index >= 15 is 0 Å². The van der Waals surface area contributed by atoms with Gasteiger partial charge in [-0.15, -0.1) is 0 Å². The van der Waals surface area contributed by atoms with E-state index in [1.54, 1.807) is 0 Å². The average Bonchev–Trinajstić information content (AvgIpc) is 2.37. The summed E-state index contributed by atoms with van der Waals surface area (Å²) < 4.78 is 5.09. The molecule has 5 heteroatoms. The lowest BCUT2D eigenvalue weighted by molar-refractivity contribution is -0.133. The topological polar surface area (TPSA) is 58.6 Å². The first-order valence-corrected chi connectivity index (χ1v) is 7.26. The van der Waals surface area contributed by atoms with Crippen LogP contribution in [0.2, 0.25) is 0 Å². The lowest BCUT2D eigenvalue weighted by atomic mass is 10.0. The fraction of sp³-hybridized carbons (Fsp3) is 0.857. The minimum Gasteiger partial charge on any atom is -0.376 e. The van der Waals surface area contributed by atoms with Crippen LogP contribution in [0.1, 0.15) is 45.4 Å². The first kappa shape index (κ1) is 14.3. The lowest BCUT2D eigenvalue weighted by Crippen LogP contribution is -2.59. The Balaban J connectivity index is 1.60. The normalized spacial score (nSPS) is 21.6. The maximum Gasteiger partial charge on any atom is 0.222 e. The maximum absolute atomic E-state index is 11.9. The monoisotopic (exact) mass is 268 g/mol. The van der Waals surface area contributed by atoms with E-state index in [1.807, 2.05) is 11.8 Å². The van der Waals surface area contributed by atoms with Crippen molar-refractivity contribution in [2.24, 2.45) is 0 Å². The number of hydrogen-bond acceptors (Lipinski definition) is 3. The molecule has 108 valence electrons. The Morgan fingerprint density at radius 2 is 1.84 bits per heavy atom. The zero-order valence-electron chi connectivity index (χ0n) is 11.7. The molecule has 0 atom stereocenters. The number of likely N-dealkylation sites (tertiary alicyclic amines) is 1. The Hall–Kier alpha value is -1.10. The third-order valence-electron chi connectivity index (χ3n) is 3.79. The molecule has 0 aliphatic carbocycles. The molecule has 0 saturated carbocycles. The lowest BCUT2D eigenvalue weighted by Gasteiger charge is -2.38. The fourth-order valence-corrected chi connectivity index (χ4v) is 2.58. The summed E-state index contributed by atoms with van der Waals surface area (Å²) in [4.78, 5) is 25.6. The quantitative estimate of drug-likeness (QED) is 0.811. The highest BCUT2D eigenvalue weighted by atomic mass is 16.5. The molecule has 0 spiro atoms. The van der Waals surface area contributed by atoms with Crippen LogP contribution in [0.15, 0.2) is 0 Å². The van der Waals surface area contributed by atoms with Crippen LogP contribution in [0.3, 0.4) is 0 Å². The first-order valence-electron chi connectivity index (χ1n) is 7.26. The molecule has 0 aromatic rings. The number of hydrogen-bond donors (Lipinski definition) is 1. The van der Waals surface area contributed by atoms with Gasteiger partial charge in [-0.2, -0.15) is 0 Å². The summed E-state index contributed by atoms with van der Waals surface area (Å²) in [6.07, 6.45) is 5.01. The Kier molecular flexibility index (Phi) is 4.80. The number of carbonyl (C=O) groups is 2. The Morgan fingerprint density at radius 3 is 2.42 bits per heavy atom. The number of piperidine rings is 1. The van der Waals surface area contributed by atoms with Gasteiger partial charge in [-0.05, 0) is 32.6 Å². The van der Waals surface area contributed by atoms with Crippen LogP contribution in [0.5, 0.6) is 0 Å². The molecule has 0 unspecified atom stereocenters. The van der Waals surface area contributed by atoms with E-state index in [2.05, 4.69) is 5.32 Å². The minimum atomic E-state index is -0.187. The van der Waals surface area contributed by atoms with Gasteiger partial charge in [0.05, 0.1) is 18.8 Å².